The molecule has 9 heteroatoms. The van der Waals surface area contributed by atoms with Crippen molar-refractivity contribution in [1.29, 1.82) is 0 Å². The van der Waals surface area contributed by atoms with E-state index in [0.29, 0.717) is 0 Å². The van der Waals surface area contributed by atoms with E-state index in [1.807, 2.05) is 0 Å². The molecule has 0 saturated heterocycles. The summed E-state index contributed by atoms with van der Waals surface area (Å²) >= 11 is 0. The van der Waals surface area contributed by atoms with Gasteiger partial charge in [0.2, 0.25) is 0 Å². The van der Waals surface area contributed by atoms with Crippen molar-refractivity contribution in [3.8, 4) is 0 Å². The predicted octanol–water partition coefficient (Wildman–Crippen LogP) is 2.84. The summed E-state index contributed by atoms with van der Waals surface area (Å²) in [5, 5.41) is 2.76. The quantitative estimate of drug-likeness (QED) is 0.524. The summed E-state index contributed by atoms with van der Waals surface area (Å²) in [6.07, 6.45) is 1.20. The first-order chi connectivity index (χ1) is 12.5. The maximum Gasteiger partial charge on any atom is 0.269 e. The number of benzene rings is 2. The van der Waals surface area contributed by atoms with Crippen LogP contribution in [0.25, 0.3) is 0 Å². The van der Waals surface area contributed by atoms with Gasteiger partial charge in [-0.3, -0.25) is 15.6 Å². The number of anilines is 4. The van der Waals surface area contributed by atoms with E-state index in [-0.39, 0.29) is 28.6 Å². The van der Waals surface area contributed by atoms with Crippen LogP contribution in [-0.4, -0.2) is 15.9 Å². The monoisotopic (exact) mass is 356 g/mol. The van der Waals surface area contributed by atoms with Crippen LogP contribution in [0.15, 0.2) is 54.9 Å². The van der Waals surface area contributed by atoms with Crippen LogP contribution in [0, 0.1) is 11.6 Å². The fraction of sp³-hybridized carbons (Fsp3) is 0. The zero-order valence-electron chi connectivity index (χ0n) is 13.3. The average Bonchev–Trinajstić information content (AvgIpc) is 2.64. The molecule has 5 N–H and O–H groups in total. The second kappa shape index (κ2) is 7.43. The van der Waals surface area contributed by atoms with Gasteiger partial charge in [-0.15, -0.1) is 0 Å². The van der Waals surface area contributed by atoms with Gasteiger partial charge in [0.1, 0.15) is 23.6 Å². The first kappa shape index (κ1) is 17.1. The highest BCUT2D eigenvalue weighted by molar-refractivity contribution is 5.95. The largest absolute Gasteiger partial charge is 0.393 e. The number of halogens is 2. The van der Waals surface area contributed by atoms with Gasteiger partial charge in [0.05, 0.1) is 5.69 Å². The average molecular weight is 356 g/mol. The first-order valence-corrected chi connectivity index (χ1v) is 7.48. The lowest BCUT2D eigenvalue weighted by Crippen LogP contribution is -2.30. The maximum atomic E-state index is 13.7. The van der Waals surface area contributed by atoms with Crippen LogP contribution >= 0.6 is 0 Å². The molecule has 3 rings (SSSR count). The SMILES string of the molecule is Nc1c(NNC(=O)c2ccc(F)cc2)ncnc1Nc1ccccc1F. The molecule has 0 radical (unpaired) electrons. The third kappa shape index (κ3) is 3.83. The summed E-state index contributed by atoms with van der Waals surface area (Å²) in [6, 6.07) is 11.0. The summed E-state index contributed by atoms with van der Waals surface area (Å²) in [4.78, 5) is 19.9. The van der Waals surface area contributed by atoms with E-state index in [0.717, 1.165) is 0 Å². The Morgan fingerprint density at radius 2 is 1.65 bits per heavy atom. The zero-order chi connectivity index (χ0) is 18.5. The molecule has 0 aliphatic carbocycles. The number of para-hydroxylation sites is 1. The molecule has 0 aliphatic heterocycles. The molecule has 0 saturated carbocycles. The Kier molecular flexibility index (Phi) is 4.88. The Morgan fingerprint density at radius 3 is 2.38 bits per heavy atom. The van der Waals surface area contributed by atoms with E-state index in [4.69, 9.17) is 5.73 Å². The van der Waals surface area contributed by atoms with E-state index < -0.39 is 17.5 Å². The number of carbonyl (C=O) groups excluding carboxylic acids is 1. The smallest absolute Gasteiger partial charge is 0.269 e. The minimum absolute atomic E-state index is 0.0789. The van der Waals surface area contributed by atoms with E-state index in [1.165, 1.54) is 42.7 Å². The van der Waals surface area contributed by atoms with Crippen molar-refractivity contribution in [1.82, 2.24) is 15.4 Å². The second-order valence-electron chi connectivity index (χ2n) is 5.18. The van der Waals surface area contributed by atoms with Gasteiger partial charge in [0.25, 0.3) is 5.91 Å². The number of carbonyl (C=O) groups is 1. The van der Waals surface area contributed by atoms with Crippen molar-refractivity contribution in [2.75, 3.05) is 16.5 Å². The van der Waals surface area contributed by atoms with Crippen LogP contribution in [0.4, 0.5) is 31.8 Å². The lowest BCUT2D eigenvalue weighted by atomic mass is 10.2. The van der Waals surface area contributed by atoms with Crippen LogP contribution < -0.4 is 21.9 Å². The van der Waals surface area contributed by atoms with Gasteiger partial charge < -0.3 is 11.1 Å². The van der Waals surface area contributed by atoms with Gasteiger partial charge >= 0.3 is 0 Å². The molecule has 26 heavy (non-hydrogen) atoms. The van der Waals surface area contributed by atoms with Gasteiger partial charge in [0.15, 0.2) is 11.6 Å². The van der Waals surface area contributed by atoms with Crippen molar-refractivity contribution < 1.29 is 13.6 Å². The number of hydrogen-bond acceptors (Lipinski definition) is 6. The van der Waals surface area contributed by atoms with Crippen molar-refractivity contribution in [2.24, 2.45) is 0 Å². The molecule has 2 aromatic carbocycles. The fourth-order valence-corrected chi connectivity index (χ4v) is 2.07. The highest BCUT2D eigenvalue weighted by Crippen LogP contribution is 2.26. The molecular formula is C17H14F2N6O. The molecule has 0 atom stereocenters. The Balaban J connectivity index is 1.72. The number of nitrogens with zero attached hydrogens (tertiary/aromatic N) is 2. The van der Waals surface area contributed by atoms with Crippen molar-refractivity contribution in [3.63, 3.8) is 0 Å². The fourth-order valence-electron chi connectivity index (χ4n) is 2.07. The highest BCUT2D eigenvalue weighted by atomic mass is 19.1. The van der Waals surface area contributed by atoms with Gasteiger partial charge in [-0.1, -0.05) is 12.1 Å². The molecule has 0 bridgehead atoms. The van der Waals surface area contributed by atoms with E-state index in [1.54, 1.807) is 12.1 Å². The summed E-state index contributed by atoms with van der Waals surface area (Å²) < 4.78 is 26.6. The summed E-state index contributed by atoms with van der Waals surface area (Å²) in [5.74, 6) is -1.13. The molecule has 0 aliphatic rings. The third-order valence-electron chi connectivity index (χ3n) is 3.41. The van der Waals surface area contributed by atoms with Gasteiger partial charge in [0, 0.05) is 5.56 Å². The molecule has 0 fully saturated rings. The van der Waals surface area contributed by atoms with Gasteiger partial charge in [-0.25, -0.2) is 18.7 Å². The minimum atomic E-state index is -0.508. The maximum absolute atomic E-state index is 13.7. The van der Waals surface area contributed by atoms with Gasteiger partial charge in [-0.2, -0.15) is 0 Å². The number of nitrogens with one attached hydrogen (secondary N) is 3. The Labute approximate surface area is 147 Å². The summed E-state index contributed by atoms with van der Waals surface area (Å²) in [5.41, 5.74) is 11.4. The van der Waals surface area contributed by atoms with Crippen LogP contribution in [-0.2, 0) is 0 Å². The lowest BCUT2D eigenvalue weighted by Gasteiger charge is -2.13. The number of aromatic nitrogens is 2. The lowest BCUT2D eigenvalue weighted by molar-refractivity contribution is 0.0962. The Hall–Kier alpha value is -3.75. The van der Waals surface area contributed by atoms with E-state index in [2.05, 4.69) is 26.1 Å². The van der Waals surface area contributed by atoms with Crippen LogP contribution in [0.3, 0.4) is 0 Å². The van der Waals surface area contributed by atoms with Crippen LogP contribution in [0.2, 0.25) is 0 Å². The Morgan fingerprint density at radius 1 is 0.962 bits per heavy atom. The number of rotatable bonds is 5. The molecular weight excluding hydrogens is 342 g/mol. The summed E-state index contributed by atoms with van der Waals surface area (Å²) in [6.45, 7) is 0. The molecule has 7 nitrogen and oxygen atoms in total. The second-order valence-corrected chi connectivity index (χ2v) is 5.18. The third-order valence-corrected chi connectivity index (χ3v) is 3.41. The van der Waals surface area contributed by atoms with Crippen LogP contribution in [0.1, 0.15) is 10.4 Å². The Bertz CT molecular complexity index is 933. The molecule has 0 spiro atoms. The first-order valence-electron chi connectivity index (χ1n) is 7.48. The number of hydrazine groups is 1. The normalized spacial score (nSPS) is 10.2. The topological polar surface area (TPSA) is 105 Å². The number of nitrogens with two attached hydrogens (primary N) is 1. The molecule has 132 valence electrons. The van der Waals surface area contributed by atoms with Crippen molar-refractivity contribution in [2.45, 2.75) is 0 Å². The number of amides is 1. The molecule has 1 heterocycles. The molecule has 1 amide bonds. The highest BCUT2D eigenvalue weighted by Gasteiger charge is 2.11. The molecule has 0 unspecified atom stereocenters. The molecule has 1 aromatic heterocycles. The van der Waals surface area contributed by atoms with Gasteiger partial charge in [-0.05, 0) is 36.4 Å². The van der Waals surface area contributed by atoms with Crippen molar-refractivity contribution in [3.05, 3.63) is 72.1 Å². The predicted molar refractivity (Wildman–Crippen MR) is 93.6 cm³/mol. The standard InChI is InChI=1S/C17H14F2N6O/c18-11-7-5-10(6-8-11)17(26)25-24-16-14(20)15(21-9-22-16)23-13-4-2-1-3-12(13)19/h1-9H,20H2,(H,25,26)(H2,21,22,23,24). The number of nitrogen functional groups attached to an aromatic ring is 1. The molecule has 3 aromatic rings. The summed E-state index contributed by atoms with van der Waals surface area (Å²) in [7, 11) is 0. The zero-order valence-corrected chi connectivity index (χ0v) is 13.3. The van der Waals surface area contributed by atoms with Crippen LogP contribution in [0.5, 0.6) is 0 Å². The van der Waals surface area contributed by atoms with E-state index >= 15 is 0 Å². The minimum Gasteiger partial charge on any atom is -0.393 e. The number of hydrogen-bond donors (Lipinski definition) is 4. The van der Waals surface area contributed by atoms with E-state index in [9.17, 15) is 13.6 Å². The van der Waals surface area contributed by atoms with Crippen molar-refractivity contribution >= 4 is 28.9 Å².